The van der Waals surface area contributed by atoms with E-state index in [1.807, 2.05) is 0 Å². The van der Waals surface area contributed by atoms with E-state index in [9.17, 15) is 63.3 Å². The van der Waals surface area contributed by atoms with Gasteiger partial charge in [0.1, 0.15) is 11.8 Å². The number of nitrogens with two attached hydrogens (primary N) is 1. The second-order valence-corrected chi connectivity index (χ2v) is 13.9. The fraction of sp³-hybridized carbons (Fsp3) is 0.395. The molecule has 0 unspecified atom stereocenters. The number of hydrogen-bond acceptors (Lipinski definition) is 15. The Bertz CT molecular complexity index is 2230. The molecule has 3 amide bonds. The molecule has 3 rings (SSSR count). The average Bonchev–Trinajstić information content (AvgIpc) is 3.17. The Balaban J connectivity index is 1.59. The molecule has 11 N–H and O–H groups in total. The Morgan fingerprint density at radius 2 is 1.41 bits per heavy atom. The van der Waals surface area contributed by atoms with E-state index in [1.165, 1.54) is 43.5 Å². The van der Waals surface area contributed by atoms with E-state index in [-0.39, 0.29) is 35.6 Å². The van der Waals surface area contributed by atoms with Crippen molar-refractivity contribution >= 4 is 76.0 Å². The van der Waals surface area contributed by atoms with E-state index in [4.69, 9.17) is 10.8 Å². The molecule has 3 aromatic rings. The van der Waals surface area contributed by atoms with Gasteiger partial charge in [0.15, 0.2) is 16.9 Å². The molecule has 0 aliphatic heterocycles. The molecule has 1 aromatic carbocycles. The van der Waals surface area contributed by atoms with Gasteiger partial charge in [0.05, 0.1) is 55.6 Å². The number of aromatic nitrogens is 4. The van der Waals surface area contributed by atoms with E-state index in [0.717, 1.165) is 0 Å². The van der Waals surface area contributed by atoms with E-state index >= 15 is 0 Å². The van der Waals surface area contributed by atoms with Gasteiger partial charge in [-0.15, -0.1) is 6.58 Å². The van der Waals surface area contributed by atoms with Crippen molar-refractivity contribution in [2.24, 2.45) is 11.8 Å². The molecule has 23 nitrogen and oxygen atoms in total. The molecule has 0 bridgehead atoms. The third kappa shape index (κ3) is 15.6. The number of hydrogen-bond donors (Lipinski definition) is 10. The highest BCUT2D eigenvalue weighted by atomic mass is 16.4. The lowest BCUT2D eigenvalue weighted by Crippen LogP contribution is -2.46. The number of nitrogens with one attached hydrogen (secondary N) is 5. The summed E-state index contributed by atoms with van der Waals surface area (Å²) in [5.41, 5.74) is 5.99. The smallest absolute Gasteiger partial charge is 0.326 e. The number of anilines is 2. The van der Waals surface area contributed by atoms with E-state index < -0.39 is 134 Å². The molecule has 0 spiro atoms. The summed E-state index contributed by atoms with van der Waals surface area (Å²) in [6.07, 6.45) is -2.10. The van der Waals surface area contributed by atoms with Gasteiger partial charge in [0.25, 0.3) is 11.5 Å². The van der Waals surface area contributed by atoms with Crippen molar-refractivity contribution in [2.45, 2.75) is 83.0 Å². The van der Waals surface area contributed by atoms with Gasteiger partial charge in [0, 0.05) is 36.6 Å². The number of nitrogen functional groups attached to an aromatic ring is 1. The number of Topliss-reactive ketones (excluding diaryl/α,β-unsaturated/α-hetero) is 2. The molecule has 0 aliphatic carbocycles. The van der Waals surface area contributed by atoms with Gasteiger partial charge in [-0.25, -0.2) is 14.8 Å². The van der Waals surface area contributed by atoms with Crippen LogP contribution < -0.4 is 32.6 Å². The number of aromatic amines is 1. The minimum absolute atomic E-state index is 0.0123. The van der Waals surface area contributed by atoms with Gasteiger partial charge in [-0.3, -0.25) is 48.1 Å². The van der Waals surface area contributed by atoms with Crippen molar-refractivity contribution in [2.75, 3.05) is 11.1 Å². The van der Waals surface area contributed by atoms with Crippen LogP contribution in [0.5, 0.6) is 0 Å². The summed E-state index contributed by atoms with van der Waals surface area (Å²) in [5, 5.41) is 47.5. The zero-order valence-corrected chi connectivity index (χ0v) is 32.7. The van der Waals surface area contributed by atoms with E-state index in [0.29, 0.717) is 11.4 Å². The number of nitrogens with zero attached hydrogens (tertiary/aromatic N) is 3. The molecular weight excluding hydrogens is 806 g/mol. The van der Waals surface area contributed by atoms with E-state index in [2.05, 4.69) is 47.8 Å². The number of H-pyrrole nitrogens is 1. The van der Waals surface area contributed by atoms with Crippen LogP contribution in [0.1, 0.15) is 74.3 Å². The first kappa shape index (κ1) is 47.8. The monoisotopic (exact) mass is 851 g/mol. The van der Waals surface area contributed by atoms with Crippen molar-refractivity contribution in [3.05, 3.63) is 64.7 Å². The number of amides is 3. The average molecular weight is 852 g/mol. The second-order valence-electron chi connectivity index (χ2n) is 13.9. The summed E-state index contributed by atoms with van der Waals surface area (Å²) in [4.78, 5) is 138. The Labute approximate surface area is 345 Å². The van der Waals surface area contributed by atoms with Crippen LogP contribution in [0.4, 0.5) is 11.6 Å². The Kier molecular flexibility index (Phi) is 17.6. The molecule has 23 heteroatoms. The van der Waals surface area contributed by atoms with Crippen LogP contribution >= 0.6 is 0 Å². The van der Waals surface area contributed by atoms with Gasteiger partial charge in [0.2, 0.25) is 17.8 Å². The standard InChI is InChI=1S/C38H45N9O14/c1-3-4-25(27(49)13-21(15-30(54)55)34(57)42-18(2)11-28(50)51)44-35(58)20(14-29(52)53)12-24(48)9-10-26(37(60)61)45-33(56)19-5-7-22(8-6-19)40-16-23-17-41-32-31(43-23)36(59)47-38(39)46-32/h3,5-8,17-18,20-21,25-26,40H,1,4,9-16H2,2H3,(H,42,57)(H,44,58)(H,45,56)(H,50,51)(H,52,53)(H,54,55)(H,60,61)(H3,39,41,46,47,59)/t18-,20+,21+,25+,26+/m1/s1. The Hall–Kier alpha value is -7.59. The minimum Gasteiger partial charge on any atom is -0.481 e. The van der Waals surface area contributed by atoms with Gasteiger partial charge in [-0.1, -0.05) is 6.08 Å². The topological polar surface area (TPSA) is 380 Å². The van der Waals surface area contributed by atoms with Crippen LogP contribution in [0.15, 0.2) is 47.9 Å². The van der Waals surface area contributed by atoms with Crippen LogP contribution in [0.2, 0.25) is 0 Å². The van der Waals surface area contributed by atoms with Crippen LogP contribution in [-0.2, 0) is 44.9 Å². The highest BCUT2D eigenvalue weighted by Crippen LogP contribution is 2.18. The number of aliphatic carboxylic acids is 4. The van der Waals surface area contributed by atoms with Gasteiger partial charge in [-0.05, 0) is 44.0 Å². The van der Waals surface area contributed by atoms with Crippen LogP contribution in [0, 0.1) is 11.8 Å². The number of rotatable bonds is 26. The van der Waals surface area contributed by atoms with Crippen LogP contribution in [-0.4, -0.2) is 112 Å². The Morgan fingerprint density at radius 3 is 2.00 bits per heavy atom. The fourth-order valence-electron chi connectivity index (χ4n) is 5.89. The molecule has 0 fully saturated rings. The van der Waals surface area contributed by atoms with Crippen molar-refractivity contribution in [3.8, 4) is 0 Å². The van der Waals surface area contributed by atoms with Crippen molar-refractivity contribution < 1.29 is 63.6 Å². The lowest BCUT2D eigenvalue weighted by molar-refractivity contribution is -0.143. The summed E-state index contributed by atoms with van der Waals surface area (Å²) in [5.74, 6) is -13.1. The quantitative estimate of drug-likeness (QED) is 0.0475. The number of carbonyl (C=O) groups is 9. The third-order valence-electron chi connectivity index (χ3n) is 8.90. The first-order chi connectivity index (χ1) is 28.8. The van der Waals surface area contributed by atoms with Crippen LogP contribution in [0.25, 0.3) is 11.2 Å². The van der Waals surface area contributed by atoms with Gasteiger partial charge >= 0.3 is 23.9 Å². The molecule has 326 valence electrons. The van der Waals surface area contributed by atoms with E-state index in [1.54, 1.807) is 0 Å². The lowest BCUT2D eigenvalue weighted by atomic mass is 9.91. The zero-order chi connectivity index (χ0) is 45.4. The normalized spacial score (nSPS) is 13.3. The largest absolute Gasteiger partial charge is 0.481 e. The highest BCUT2D eigenvalue weighted by Gasteiger charge is 2.33. The van der Waals surface area contributed by atoms with Crippen molar-refractivity contribution in [1.29, 1.82) is 0 Å². The summed E-state index contributed by atoms with van der Waals surface area (Å²) >= 11 is 0. The molecule has 0 saturated carbocycles. The van der Waals surface area contributed by atoms with Crippen LogP contribution in [0.3, 0.4) is 0 Å². The van der Waals surface area contributed by atoms with Crippen molar-refractivity contribution in [3.63, 3.8) is 0 Å². The molecule has 0 aliphatic rings. The first-order valence-electron chi connectivity index (χ1n) is 18.6. The molecule has 0 saturated heterocycles. The second kappa shape index (κ2) is 22.5. The molecular formula is C38H45N9O14. The third-order valence-corrected chi connectivity index (χ3v) is 8.90. The number of fused-ring (bicyclic) bond motifs is 1. The predicted molar refractivity (Wildman–Crippen MR) is 212 cm³/mol. The maximum atomic E-state index is 13.3. The van der Waals surface area contributed by atoms with Gasteiger partial charge in [-0.2, -0.15) is 4.98 Å². The number of carbonyl (C=O) groups excluding carboxylic acids is 5. The summed E-state index contributed by atoms with van der Waals surface area (Å²) in [6.45, 7) is 5.00. The molecule has 2 heterocycles. The summed E-state index contributed by atoms with van der Waals surface area (Å²) in [7, 11) is 0. The van der Waals surface area contributed by atoms with Gasteiger partial charge < -0.3 is 47.4 Å². The predicted octanol–water partition coefficient (Wildman–Crippen LogP) is 0.0111. The lowest BCUT2D eigenvalue weighted by Gasteiger charge is -2.23. The number of carboxylic acids is 4. The molecule has 5 atom stereocenters. The maximum absolute atomic E-state index is 13.3. The molecule has 2 aromatic heterocycles. The first-order valence-corrected chi connectivity index (χ1v) is 18.6. The summed E-state index contributed by atoms with van der Waals surface area (Å²) < 4.78 is 0. The maximum Gasteiger partial charge on any atom is 0.326 e. The fourth-order valence-corrected chi connectivity index (χ4v) is 5.89. The zero-order valence-electron chi connectivity index (χ0n) is 32.7. The highest BCUT2D eigenvalue weighted by molar-refractivity contribution is 5.98. The van der Waals surface area contributed by atoms with Crippen molar-refractivity contribution in [1.82, 2.24) is 35.9 Å². The number of carboxylic acid groups (broad SMARTS) is 4. The number of benzene rings is 1. The minimum atomic E-state index is -1.57. The SMILES string of the molecule is C=CC[C@H](NC(=O)[C@H](CC(=O)O)CC(=O)CC[C@H](NC(=O)c1ccc(NCc2cnc3nc(N)[nH]c(=O)c3n2)cc1)C(=O)O)C(=O)C[C@@H](CC(=O)O)C(=O)N[C@H](C)CC(=O)O. The molecule has 0 radical (unpaired) electrons. The Morgan fingerprint density at radius 1 is 0.803 bits per heavy atom. The molecule has 61 heavy (non-hydrogen) atoms. The number of ketones is 2. The summed E-state index contributed by atoms with van der Waals surface area (Å²) in [6, 6.07) is 1.95.